The first-order valence-corrected chi connectivity index (χ1v) is 8.99. The topological polar surface area (TPSA) is 64.6 Å². The van der Waals surface area contributed by atoms with Crippen LogP contribution < -0.4 is 10.1 Å². The lowest BCUT2D eigenvalue weighted by Gasteiger charge is -2.07. The van der Waals surface area contributed by atoms with Gasteiger partial charge in [0, 0.05) is 11.4 Å². The Hall–Kier alpha value is -2.54. The molecule has 1 amide bonds. The van der Waals surface area contributed by atoms with E-state index in [1.54, 1.807) is 37.4 Å². The molecule has 0 bridgehead atoms. The van der Waals surface area contributed by atoms with Crippen molar-refractivity contribution in [1.29, 1.82) is 0 Å². The quantitative estimate of drug-likeness (QED) is 0.538. The van der Waals surface area contributed by atoms with Crippen molar-refractivity contribution in [2.45, 2.75) is 11.3 Å². The lowest BCUT2D eigenvalue weighted by atomic mass is 10.1. The van der Waals surface area contributed by atoms with Gasteiger partial charge < -0.3 is 14.8 Å². The molecule has 1 N–H and O–H groups in total. The normalized spacial score (nSPS) is 10.2. The van der Waals surface area contributed by atoms with Gasteiger partial charge in [-0.3, -0.25) is 9.59 Å². The highest BCUT2D eigenvalue weighted by Gasteiger charge is 2.09. The summed E-state index contributed by atoms with van der Waals surface area (Å²) in [4.78, 5) is 24.3. The van der Waals surface area contributed by atoms with Crippen LogP contribution in [-0.2, 0) is 20.7 Å². The molecule has 7 heteroatoms. The number of hydrogen-bond donors (Lipinski definition) is 1. The number of amides is 1. The van der Waals surface area contributed by atoms with Crippen LogP contribution >= 0.6 is 11.8 Å². The highest BCUT2D eigenvalue weighted by atomic mass is 32.2. The minimum atomic E-state index is -0.477. The summed E-state index contributed by atoms with van der Waals surface area (Å²) >= 11 is 1.31. The summed E-state index contributed by atoms with van der Waals surface area (Å²) in [5.41, 5.74) is 0.528. The molecule has 2 rings (SSSR count). The first kappa shape index (κ1) is 19.8. The standard InChI is InChI=1S/C19H20FNO4S/c1-24-15-6-8-16(9-7-15)26-13-19(23)25-12-18(22)21-11-10-14-4-2-3-5-17(14)20/h2-9H,10-13H2,1H3,(H,21,22). The van der Waals surface area contributed by atoms with E-state index in [1.165, 1.54) is 17.8 Å². The van der Waals surface area contributed by atoms with Gasteiger partial charge in [0.15, 0.2) is 6.61 Å². The van der Waals surface area contributed by atoms with Crippen molar-refractivity contribution < 1.29 is 23.5 Å². The van der Waals surface area contributed by atoms with Crippen LogP contribution in [0.1, 0.15) is 5.56 Å². The van der Waals surface area contributed by atoms with Crippen LogP contribution in [0.25, 0.3) is 0 Å². The van der Waals surface area contributed by atoms with E-state index in [0.29, 0.717) is 12.0 Å². The van der Waals surface area contributed by atoms with E-state index in [4.69, 9.17) is 9.47 Å². The van der Waals surface area contributed by atoms with Crippen molar-refractivity contribution in [3.63, 3.8) is 0 Å². The molecule has 5 nitrogen and oxygen atoms in total. The monoisotopic (exact) mass is 377 g/mol. The molecule has 2 aromatic rings. The predicted octanol–water partition coefficient (Wildman–Crippen LogP) is 2.83. The average Bonchev–Trinajstić information content (AvgIpc) is 2.66. The SMILES string of the molecule is COc1ccc(SCC(=O)OCC(=O)NCCc2ccccc2F)cc1. The van der Waals surface area contributed by atoms with Gasteiger partial charge in [0.2, 0.25) is 0 Å². The summed E-state index contributed by atoms with van der Waals surface area (Å²) in [6, 6.07) is 13.7. The predicted molar refractivity (Wildman–Crippen MR) is 97.8 cm³/mol. The Morgan fingerprint density at radius 2 is 1.85 bits per heavy atom. The minimum Gasteiger partial charge on any atom is -0.497 e. The molecule has 0 aliphatic rings. The third kappa shape index (κ3) is 6.76. The maximum absolute atomic E-state index is 13.4. The number of thioether (sulfide) groups is 1. The summed E-state index contributed by atoms with van der Waals surface area (Å²) in [5, 5.41) is 2.60. The summed E-state index contributed by atoms with van der Waals surface area (Å²) in [5.74, 6) is -0.346. The molecule has 0 spiro atoms. The van der Waals surface area contributed by atoms with E-state index < -0.39 is 11.9 Å². The Morgan fingerprint density at radius 3 is 2.54 bits per heavy atom. The number of methoxy groups -OCH3 is 1. The van der Waals surface area contributed by atoms with E-state index in [1.807, 2.05) is 12.1 Å². The fourth-order valence-electron chi connectivity index (χ4n) is 2.09. The van der Waals surface area contributed by atoms with Gasteiger partial charge in [-0.05, 0) is 42.3 Å². The van der Waals surface area contributed by atoms with Gasteiger partial charge in [0.1, 0.15) is 11.6 Å². The number of esters is 1. The molecule has 138 valence electrons. The van der Waals surface area contributed by atoms with Gasteiger partial charge in [0.05, 0.1) is 12.9 Å². The number of rotatable bonds is 9. The molecule has 0 saturated heterocycles. The van der Waals surface area contributed by atoms with E-state index >= 15 is 0 Å². The van der Waals surface area contributed by atoms with Crippen molar-refractivity contribution in [3.8, 4) is 5.75 Å². The maximum Gasteiger partial charge on any atom is 0.316 e. The fourth-order valence-corrected chi connectivity index (χ4v) is 2.79. The van der Waals surface area contributed by atoms with Gasteiger partial charge >= 0.3 is 5.97 Å². The molecule has 0 aromatic heterocycles. The first-order valence-electron chi connectivity index (χ1n) is 8.01. The molecule has 26 heavy (non-hydrogen) atoms. The lowest BCUT2D eigenvalue weighted by Crippen LogP contribution is -2.30. The zero-order chi connectivity index (χ0) is 18.8. The summed E-state index contributed by atoms with van der Waals surface area (Å²) in [7, 11) is 1.58. The zero-order valence-electron chi connectivity index (χ0n) is 14.4. The number of nitrogens with one attached hydrogen (secondary N) is 1. The van der Waals surface area contributed by atoms with Gasteiger partial charge in [-0.25, -0.2) is 4.39 Å². The van der Waals surface area contributed by atoms with Crippen LogP contribution in [0.4, 0.5) is 4.39 Å². The van der Waals surface area contributed by atoms with Crippen LogP contribution in [0.3, 0.4) is 0 Å². The van der Waals surface area contributed by atoms with Crippen molar-refractivity contribution in [2.75, 3.05) is 26.0 Å². The van der Waals surface area contributed by atoms with Crippen molar-refractivity contribution in [3.05, 3.63) is 59.9 Å². The van der Waals surface area contributed by atoms with Crippen LogP contribution in [0.2, 0.25) is 0 Å². The van der Waals surface area contributed by atoms with E-state index in [0.717, 1.165) is 10.6 Å². The van der Waals surface area contributed by atoms with E-state index in [-0.39, 0.29) is 24.7 Å². The highest BCUT2D eigenvalue weighted by molar-refractivity contribution is 8.00. The molecule has 2 aromatic carbocycles. The Balaban J connectivity index is 1.62. The Morgan fingerprint density at radius 1 is 1.12 bits per heavy atom. The number of ether oxygens (including phenoxy) is 2. The molecular weight excluding hydrogens is 357 g/mol. The summed E-state index contributed by atoms with van der Waals surface area (Å²) in [6.07, 6.45) is 0.375. The van der Waals surface area contributed by atoms with E-state index in [2.05, 4.69) is 5.32 Å². The van der Waals surface area contributed by atoms with Crippen LogP contribution in [-0.4, -0.2) is 37.9 Å². The molecule has 0 aliphatic heterocycles. The fraction of sp³-hybridized carbons (Fsp3) is 0.263. The smallest absolute Gasteiger partial charge is 0.316 e. The molecule has 0 saturated carbocycles. The molecular formula is C19H20FNO4S. The zero-order valence-corrected chi connectivity index (χ0v) is 15.2. The molecule has 0 radical (unpaired) electrons. The Bertz CT molecular complexity index is 737. The molecule has 0 unspecified atom stereocenters. The second-order valence-electron chi connectivity index (χ2n) is 5.32. The van der Waals surface area contributed by atoms with Crippen LogP contribution in [0.5, 0.6) is 5.75 Å². The number of halogens is 1. The largest absolute Gasteiger partial charge is 0.497 e. The Labute approximate surface area is 155 Å². The maximum atomic E-state index is 13.4. The second-order valence-corrected chi connectivity index (χ2v) is 6.37. The van der Waals surface area contributed by atoms with Gasteiger partial charge in [-0.15, -0.1) is 11.8 Å². The van der Waals surface area contributed by atoms with Crippen LogP contribution in [0.15, 0.2) is 53.4 Å². The number of carbonyl (C=O) groups is 2. The first-order chi connectivity index (χ1) is 12.6. The molecule has 0 heterocycles. The highest BCUT2D eigenvalue weighted by Crippen LogP contribution is 2.21. The minimum absolute atomic E-state index is 0.106. The number of benzene rings is 2. The second kappa shape index (κ2) is 10.5. The van der Waals surface area contributed by atoms with E-state index in [9.17, 15) is 14.0 Å². The number of carbonyl (C=O) groups excluding carboxylic acids is 2. The summed E-state index contributed by atoms with van der Waals surface area (Å²) in [6.45, 7) is -0.0722. The van der Waals surface area contributed by atoms with Crippen molar-refractivity contribution >= 4 is 23.6 Å². The molecule has 0 atom stereocenters. The third-order valence-electron chi connectivity index (χ3n) is 3.45. The van der Waals surface area contributed by atoms with Gasteiger partial charge in [-0.1, -0.05) is 18.2 Å². The van der Waals surface area contributed by atoms with Crippen molar-refractivity contribution in [1.82, 2.24) is 5.32 Å². The van der Waals surface area contributed by atoms with Gasteiger partial charge in [-0.2, -0.15) is 0 Å². The van der Waals surface area contributed by atoms with Gasteiger partial charge in [0.25, 0.3) is 5.91 Å². The third-order valence-corrected chi connectivity index (χ3v) is 4.44. The lowest BCUT2D eigenvalue weighted by molar-refractivity contribution is -0.145. The summed E-state index contributed by atoms with van der Waals surface area (Å²) < 4.78 is 23.4. The number of hydrogen-bond acceptors (Lipinski definition) is 5. The van der Waals surface area contributed by atoms with Crippen LogP contribution in [0, 0.1) is 5.82 Å². The average molecular weight is 377 g/mol. The van der Waals surface area contributed by atoms with Crippen molar-refractivity contribution in [2.24, 2.45) is 0 Å². The molecule has 0 fully saturated rings. The Kier molecular flexibility index (Phi) is 7.95. The molecule has 0 aliphatic carbocycles.